The lowest BCUT2D eigenvalue weighted by atomic mass is 9.91. The van der Waals surface area contributed by atoms with Gasteiger partial charge in [-0.1, -0.05) is 6.92 Å². The largest absolute Gasteiger partial charge is 0.328 e. The van der Waals surface area contributed by atoms with E-state index in [0.29, 0.717) is 6.04 Å². The molecule has 1 aliphatic heterocycles. The molecule has 1 heterocycles. The van der Waals surface area contributed by atoms with E-state index in [0.717, 1.165) is 12.1 Å². The maximum atomic E-state index is 5.98. The molecule has 100 valence electrons. The Hall–Kier alpha value is -0.120. The van der Waals surface area contributed by atoms with Crippen LogP contribution in [-0.2, 0) is 0 Å². The van der Waals surface area contributed by atoms with Crippen molar-refractivity contribution in [3.8, 4) is 0 Å². The third kappa shape index (κ3) is 3.43. The predicted octanol–water partition coefficient (Wildman–Crippen LogP) is 1.67. The lowest BCUT2D eigenvalue weighted by Crippen LogP contribution is -2.45. The molecule has 17 heavy (non-hydrogen) atoms. The number of hydrogen-bond donors (Lipinski definition) is 1. The van der Waals surface area contributed by atoms with Gasteiger partial charge in [-0.15, -0.1) is 0 Å². The lowest BCUT2D eigenvalue weighted by molar-refractivity contribution is 0.135. The Bertz CT molecular complexity index is 224. The van der Waals surface area contributed by atoms with E-state index in [1.165, 1.54) is 58.2 Å². The van der Waals surface area contributed by atoms with Gasteiger partial charge in [0, 0.05) is 24.7 Å². The third-order valence-corrected chi connectivity index (χ3v) is 4.77. The molecule has 0 aromatic rings. The number of likely N-dealkylation sites (N-methyl/N-ethyl adjacent to an activating group) is 2. The fourth-order valence-corrected chi connectivity index (χ4v) is 3.54. The highest BCUT2D eigenvalue weighted by atomic mass is 15.2. The van der Waals surface area contributed by atoms with Gasteiger partial charge in [0.25, 0.3) is 0 Å². The third-order valence-electron chi connectivity index (χ3n) is 4.77. The van der Waals surface area contributed by atoms with E-state index in [-0.39, 0.29) is 0 Å². The van der Waals surface area contributed by atoms with Crippen LogP contribution in [0.25, 0.3) is 0 Å². The Kier molecular flexibility index (Phi) is 4.83. The summed E-state index contributed by atoms with van der Waals surface area (Å²) in [5.74, 6) is 0. The molecule has 1 saturated heterocycles. The van der Waals surface area contributed by atoms with Gasteiger partial charge >= 0.3 is 0 Å². The highest BCUT2D eigenvalue weighted by Gasteiger charge is 2.28. The molecule has 0 radical (unpaired) electrons. The van der Waals surface area contributed by atoms with Crippen molar-refractivity contribution in [2.24, 2.45) is 5.73 Å². The summed E-state index contributed by atoms with van der Waals surface area (Å²) in [5.41, 5.74) is 5.98. The second-order valence-corrected chi connectivity index (χ2v) is 5.93. The second kappa shape index (κ2) is 6.17. The molecule has 2 fully saturated rings. The predicted molar refractivity (Wildman–Crippen MR) is 73.1 cm³/mol. The molecule has 0 aromatic heterocycles. The SMILES string of the molecule is CCN1CCCC1CN(C)C1CCC(N)CC1. The summed E-state index contributed by atoms with van der Waals surface area (Å²) in [6.45, 7) is 6.07. The van der Waals surface area contributed by atoms with Gasteiger partial charge in [0.05, 0.1) is 0 Å². The van der Waals surface area contributed by atoms with Gasteiger partial charge < -0.3 is 10.6 Å². The minimum Gasteiger partial charge on any atom is -0.328 e. The summed E-state index contributed by atoms with van der Waals surface area (Å²) in [6.07, 6.45) is 7.83. The first-order valence-corrected chi connectivity index (χ1v) is 7.40. The van der Waals surface area contributed by atoms with Crippen LogP contribution in [0.4, 0.5) is 0 Å². The summed E-state index contributed by atoms with van der Waals surface area (Å²) in [5, 5.41) is 0. The Morgan fingerprint density at radius 2 is 1.88 bits per heavy atom. The van der Waals surface area contributed by atoms with Gasteiger partial charge in [0.1, 0.15) is 0 Å². The highest BCUT2D eigenvalue weighted by molar-refractivity contribution is 4.85. The van der Waals surface area contributed by atoms with Crippen LogP contribution in [0, 0.1) is 0 Å². The van der Waals surface area contributed by atoms with E-state index in [1.807, 2.05) is 0 Å². The van der Waals surface area contributed by atoms with Crippen molar-refractivity contribution in [2.45, 2.75) is 63.6 Å². The molecule has 1 atom stereocenters. The maximum absolute atomic E-state index is 5.98. The molecule has 0 amide bonds. The van der Waals surface area contributed by atoms with Crippen molar-refractivity contribution in [1.29, 1.82) is 0 Å². The first-order chi connectivity index (χ1) is 8.20. The van der Waals surface area contributed by atoms with Crippen LogP contribution >= 0.6 is 0 Å². The standard InChI is InChI=1S/C14H29N3/c1-3-17-10-4-5-14(17)11-16(2)13-8-6-12(15)7-9-13/h12-14H,3-11,15H2,1-2H3. The topological polar surface area (TPSA) is 32.5 Å². The van der Waals surface area contributed by atoms with Crippen LogP contribution in [0.1, 0.15) is 45.4 Å². The van der Waals surface area contributed by atoms with Crippen molar-refractivity contribution >= 4 is 0 Å². The minimum atomic E-state index is 0.471. The summed E-state index contributed by atoms with van der Waals surface area (Å²) in [4.78, 5) is 5.25. The smallest absolute Gasteiger partial charge is 0.0223 e. The summed E-state index contributed by atoms with van der Waals surface area (Å²) >= 11 is 0. The normalized spacial score (nSPS) is 35.6. The zero-order valence-corrected chi connectivity index (χ0v) is 11.6. The van der Waals surface area contributed by atoms with Crippen LogP contribution in [0.2, 0.25) is 0 Å². The van der Waals surface area contributed by atoms with E-state index in [9.17, 15) is 0 Å². The number of likely N-dealkylation sites (tertiary alicyclic amines) is 1. The van der Waals surface area contributed by atoms with Gasteiger partial charge in [0.2, 0.25) is 0 Å². The van der Waals surface area contributed by atoms with Crippen molar-refractivity contribution in [3.63, 3.8) is 0 Å². The fraction of sp³-hybridized carbons (Fsp3) is 1.00. The van der Waals surface area contributed by atoms with Crippen molar-refractivity contribution in [2.75, 3.05) is 26.7 Å². The van der Waals surface area contributed by atoms with Crippen LogP contribution in [0.15, 0.2) is 0 Å². The molecule has 3 nitrogen and oxygen atoms in total. The second-order valence-electron chi connectivity index (χ2n) is 5.93. The highest BCUT2D eigenvalue weighted by Crippen LogP contribution is 2.24. The molecule has 1 aliphatic carbocycles. The number of hydrogen-bond acceptors (Lipinski definition) is 3. The molecule has 1 saturated carbocycles. The molecular weight excluding hydrogens is 210 g/mol. The Balaban J connectivity index is 1.78. The van der Waals surface area contributed by atoms with Gasteiger partial charge in [-0.3, -0.25) is 4.90 Å². The molecule has 0 aromatic carbocycles. The van der Waals surface area contributed by atoms with Crippen LogP contribution < -0.4 is 5.73 Å². The van der Waals surface area contributed by atoms with Crippen molar-refractivity contribution < 1.29 is 0 Å². The molecular formula is C14H29N3. The van der Waals surface area contributed by atoms with E-state index < -0.39 is 0 Å². The molecule has 2 N–H and O–H groups in total. The van der Waals surface area contributed by atoms with Crippen LogP contribution in [-0.4, -0.2) is 54.6 Å². The zero-order valence-electron chi connectivity index (χ0n) is 11.6. The Labute approximate surface area is 106 Å². The van der Waals surface area contributed by atoms with Crippen LogP contribution in [0.5, 0.6) is 0 Å². The maximum Gasteiger partial charge on any atom is 0.0223 e. The molecule has 0 bridgehead atoms. The van der Waals surface area contributed by atoms with Gasteiger partial charge in [-0.2, -0.15) is 0 Å². The van der Waals surface area contributed by atoms with E-state index in [1.54, 1.807) is 0 Å². The average Bonchev–Trinajstić information content (AvgIpc) is 2.77. The van der Waals surface area contributed by atoms with E-state index in [4.69, 9.17) is 5.73 Å². The Morgan fingerprint density at radius 3 is 2.53 bits per heavy atom. The molecule has 3 heteroatoms. The molecule has 0 spiro atoms. The first kappa shape index (κ1) is 13.3. The molecule has 2 rings (SSSR count). The quantitative estimate of drug-likeness (QED) is 0.810. The zero-order chi connectivity index (χ0) is 12.3. The summed E-state index contributed by atoms with van der Waals surface area (Å²) in [6, 6.07) is 2.06. The lowest BCUT2D eigenvalue weighted by Gasteiger charge is -2.36. The van der Waals surface area contributed by atoms with Gasteiger partial charge in [-0.05, 0) is 58.7 Å². The fourth-order valence-electron chi connectivity index (χ4n) is 3.54. The van der Waals surface area contributed by atoms with Crippen molar-refractivity contribution in [1.82, 2.24) is 9.80 Å². The number of nitrogens with zero attached hydrogens (tertiary/aromatic N) is 2. The number of rotatable bonds is 4. The van der Waals surface area contributed by atoms with E-state index >= 15 is 0 Å². The van der Waals surface area contributed by atoms with Crippen LogP contribution in [0.3, 0.4) is 0 Å². The summed E-state index contributed by atoms with van der Waals surface area (Å²) < 4.78 is 0. The number of nitrogens with two attached hydrogens (primary N) is 1. The monoisotopic (exact) mass is 239 g/mol. The average molecular weight is 239 g/mol. The van der Waals surface area contributed by atoms with Gasteiger partial charge in [0.15, 0.2) is 0 Å². The molecule has 1 unspecified atom stereocenters. The van der Waals surface area contributed by atoms with Crippen molar-refractivity contribution in [3.05, 3.63) is 0 Å². The van der Waals surface area contributed by atoms with E-state index in [2.05, 4.69) is 23.8 Å². The summed E-state index contributed by atoms with van der Waals surface area (Å²) in [7, 11) is 2.31. The minimum absolute atomic E-state index is 0.471. The first-order valence-electron chi connectivity index (χ1n) is 7.40. The molecule has 2 aliphatic rings. The van der Waals surface area contributed by atoms with Gasteiger partial charge in [-0.25, -0.2) is 0 Å². The Morgan fingerprint density at radius 1 is 1.18 bits per heavy atom.